The van der Waals surface area contributed by atoms with Crippen molar-refractivity contribution in [3.63, 3.8) is 0 Å². The van der Waals surface area contributed by atoms with E-state index in [-0.39, 0.29) is 30.6 Å². The number of aliphatic hydroxyl groups is 1. The van der Waals surface area contributed by atoms with Gasteiger partial charge in [-0.05, 0) is 25.5 Å². The minimum Gasteiger partial charge on any atom is -0.459 e. The first-order chi connectivity index (χ1) is 10.7. The zero-order valence-electron chi connectivity index (χ0n) is 12.5. The summed E-state index contributed by atoms with van der Waals surface area (Å²) in [5.74, 6) is 0.865. The third kappa shape index (κ3) is 3.14. The van der Waals surface area contributed by atoms with Gasteiger partial charge in [0.1, 0.15) is 11.3 Å². The molecule has 3 atom stereocenters. The lowest BCUT2D eigenvalue weighted by molar-refractivity contribution is 0.228. The molecule has 0 saturated carbocycles. The van der Waals surface area contributed by atoms with Crippen molar-refractivity contribution >= 4 is 17.0 Å². The van der Waals surface area contributed by atoms with E-state index in [1.807, 2.05) is 49.4 Å². The molecule has 116 valence electrons. The van der Waals surface area contributed by atoms with Crippen LogP contribution in [-0.4, -0.2) is 23.8 Å². The third-order valence-corrected chi connectivity index (χ3v) is 3.94. The fourth-order valence-electron chi connectivity index (χ4n) is 2.71. The van der Waals surface area contributed by atoms with Crippen LogP contribution in [0.15, 0.2) is 46.9 Å². The van der Waals surface area contributed by atoms with E-state index in [4.69, 9.17) is 9.52 Å². The van der Waals surface area contributed by atoms with E-state index in [1.54, 1.807) is 0 Å². The maximum Gasteiger partial charge on any atom is 0.315 e. The fraction of sp³-hybridized carbons (Fsp3) is 0.353. The van der Waals surface area contributed by atoms with Crippen LogP contribution in [0.25, 0.3) is 11.0 Å². The van der Waals surface area contributed by atoms with Gasteiger partial charge in [0.25, 0.3) is 0 Å². The van der Waals surface area contributed by atoms with Crippen molar-refractivity contribution in [3.05, 3.63) is 48.2 Å². The van der Waals surface area contributed by atoms with Crippen molar-refractivity contribution in [1.29, 1.82) is 0 Å². The van der Waals surface area contributed by atoms with Crippen molar-refractivity contribution < 1.29 is 14.3 Å². The molecule has 0 aliphatic heterocycles. The first kappa shape index (κ1) is 14.7. The molecule has 1 aromatic heterocycles. The molecule has 1 aliphatic carbocycles. The highest BCUT2D eigenvalue weighted by atomic mass is 16.3. The molecule has 0 unspecified atom stereocenters. The summed E-state index contributed by atoms with van der Waals surface area (Å²) in [6.07, 6.45) is 4.60. The Balaban J connectivity index is 1.58. The highest BCUT2D eigenvalue weighted by Crippen LogP contribution is 2.23. The molecule has 0 spiro atoms. The maximum atomic E-state index is 12.0. The van der Waals surface area contributed by atoms with Crippen LogP contribution >= 0.6 is 0 Å². The van der Waals surface area contributed by atoms with E-state index >= 15 is 0 Å². The average Bonchev–Trinajstić information content (AvgIpc) is 3.12. The summed E-state index contributed by atoms with van der Waals surface area (Å²) in [7, 11) is 0. The molecule has 0 bridgehead atoms. The second-order valence-electron chi connectivity index (χ2n) is 5.70. The number of benzene rings is 1. The van der Waals surface area contributed by atoms with Crippen LogP contribution in [-0.2, 0) is 0 Å². The first-order valence-electron chi connectivity index (χ1n) is 7.50. The van der Waals surface area contributed by atoms with Gasteiger partial charge in [0.15, 0.2) is 0 Å². The maximum absolute atomic E-state index is 12.0. The number of carbonyl (C=O) groups excluding carboxylic acids is 1. The summed E-state index contributed by atoms with van der Waals surface area (Å²) in [4.78, 5) is 12.0. The molecular weight excluding hydrogens is 280 g/mol. The molecule has 5 nitrogen and oxygen atoms in total. The molecule has 3 N–H and O–H groups in total. The molecule has 2 aromatic rings. The Labute approximate surface area is 129 Å². The summed E-state index contributed by atoms with van der Waals surface area (Å²) in [6, 6.07) is 9.23. The van der Waals surface area contributed by atoms with Gasteiger partial charge in [0.2, 0.25) is 0 Å². The van der Waals surface area contributed by atoms with Crippen molar-refractivity contribution in [2.45, 2.75) is 25.4 Å². The number of hydrogen-bond donors (Lipinski definition) is 3. The van der Waals surface area contributed by atoms with Gasteiger partial charge < -0.3 is 20.2 Å². The molecule has 0 saturated heterocycles. The molecule has 0 fully saturated rings. The van der Waals surface area contributed by atoms with Gasteiger partial charge >= 0.3 is 6.03 Å². The van der Waals surface area contributed by atoms with Gasteiger partial charge in [0, 0.05) is 24.0 Å². The normalized spacial score (nSPS) is 21.9. The Morgan fingerprint density at radius 2 is 2.23 bits per heavy atom. The van der Waals surface area contributed by atoms with E-state index in [9.17, 15) is 4.79 Å². The lowest BCUT2D eigenvalue weighted by atomic mass is 10.1. The third-order valence-electron chi connectivity index (χ3n) is 3.94. The smallest absolute Gasteiger partial charge is 0.315 e. The van der Waals surface area contributed by atoms with Gasteiger partial charge in [-0.1, -0.05) is 30.4 Å². The summed E-state index contributed by atoms with van der Waals surface area (Å²) in [5, 5.41) is 15.9. The number of carbonyl (C=O) groups is 1. The highest BCUT2D eigenvalue weighted by molar-refractivity contribution is 5.78. The number of aliphatic hydroxyl groups excluding tert-OH is 1. The van der Waals surface area contributed by atoms with E-state index in [0.29, 0.717) is 0 Å². The van der Waals surface area contributed by atoms with Crippen molar-refractivity contribution in [2.24, 2.45) is 5.92 Å². The number of amides is 2. The molecule has 2 amide bonds. The zero-order valence-corrected chi connectivity index (χ0v) is 12.5. The monoisotopic (exact) mass is 300 g/mol. The van der Waals surface area contributed by atoms with Crippen LogP contribution in [0.1, 0.15) is 25.1 Å². The summed E-state index contributed by atoms with van der Waals surface area (Å²) >= 11 is 0. The molecule has 22 heavy (non-hydrogen) atoms. The van der Waals surface area contributed by atoms with Crippen molar-refractivity contribution in [2.75, 3.05) is 6.61 Å². The molecule has 1 aromatic carbocycles. The zero-order chi connectivity index (χ0) is 15.5. The van der Waals surface area contributed by atoms with Crippen LogP contribution in [0.2, 0.25) is 0 Å². The SMILES string of the molecule is C[C@H](NC(=O)N[C@@H]1C=C[C@H](CO)C1)c1cc2ccccc2o1. The second-order valence-corrected chi connectivity index (χ2v) is 5.70. The predicted molar refractivity (Wildman–Crippen MR) is 84.4 cm³/mol. The van der Waals surface area contributed by atoms with Crippen LogP contribution in [0, 0.1) is 5.92 Å². The molecule has 1 heterocycles. The highest BCUT2D eigenvalue weighted by Gasteiger charge is 2.21. The van der Waals surface area contributed by atoms with E-state index in [2.05, 4.69) is 10.6 Å². The lowest BCUT2D eigenvalue weighted by Gasteiger charge is -2.16. The van der Waals surface area contributed by atoms with Crippen molar-refractivity contribution in [3.8, 4) is 0 Å². The number of para-hydroxylation sites is 1. The Kier molecular flexibility index (Phi) is 4.15. The molecular formula is C17H20N2O3. The number of hydrogen-bond acceptors (Lipinski definition) is 3. The number of nitrogens with one attached hydrogen (secondary N) is 2. The minimum absolute atomic E-state index is 0.0278. The topological polar surface area (TPSA) is 74.5 Å². The van der Waals surface area contributed by atoms with E-state index < -0.39 is 0 Å². The Bertz CT molecular complexity index is 659. The number of urea groups is 1. The van der Waals surface area contributed by atoms with Gasteiger partial charge in [-0.2, -0.15) is 0 Å². The fourth-order valence-corrected chi connectivity index (χ4v) is 2.71. The van der Waals surface area contributed by atoms with E-state index in [0.717, 1.165) is 23.2 Å². The summed E-state index contributed by atoms with van der Waals surface area (Å²) in [5.41, 5.74) is 0.816. The molecule has 1 aliphatic rings. The average molecular weight is 300 g/mol. The molecule has 5 heteroatoms. The number of rotatable bonds is 4. The number of furan rings is 1. The van der Waals surface area contributed by atoms with Gasteiger partial charge in [-0.3, -0.25) is 0 Å². The minimum atomic E-state index is -0.235. The Hall–Kier alpha value is -2.27. The number of fused-ring (bicyclic) bond motifs is 1. The molecule has 0 radical (unpaired) electrons. The second kappa shape index (κ2) is 6.23. The van der Waals surface area contributed by atoms with Crippen LogP contribution in [0.4, 0.5) is 4.79 Å². The van der Waals surface area contributed by atoms with Crippen LogP contribution in [0.3, 0.4) is 0 Å². The predicted octanol–water partition coefficient (Wildman–Crippen LogP) is 2.73. The summed E-state index contributed by atoms with van der Waals surface area (Å²) in [6.45, 7) is 2.00. The largest absolute Gasteiger partial charge is 0.459 e. The standard InChI is InChI=1S/C17H20N2O3/c1-11(16-9-13-4-2-3-5-15(13)22-16)18-17(21)19-14-7-6-12(8-14)10-20/h2-7,9,11-12,14,20H,8,10H2,1H3,(H2,18,19,21)/t11-,12-,14+/m0/s1. The Morgan fingerprint density at radius 1 is 1.41 bits per heavy atom. The lowest BCUT2D eigenvalue weighted by Crippen LogP contribution is -2.41. The van der Waals surface area contributed by atoms with Crippen molar-refractivity contribution in [1.82, 2.24) is 10.6 Å². The van der Waals surface area contributed by atoms with E-state index in [1.165, 1.54) is 0 Å². The van der Waals surface area contributed by atoms with Gasteiger partial charge in [0.05, 0.1) is 6.04 Å². The summed E-state index contributed by atoms with van der Waals surface area (Å²) < 4.78 is 5.75. The quantitative estimate of drug-likeness (QED) is 0.760. The molecule has 3 rings (SSSR count). The van der Waals surface area contributed by atoms with Gasteiger partial charge in [-0.15, -0.1) is 0 Å². The first-order valence-corrected chi connectivity index (χ1v) is 7.50. The Morgan fingerprint density at radius 3 is 2.95 bits per heavy atom. The van der Waals surface area contributed by atoms with Gasteiger partial charge in [-0.25, -0.2) is 4.79 Å². The van der Waals surface area contributed by atoms with Crippen LogP contribution in [0.5, 0.6) is 0 Å². The van der Waals surface area contributed by atoms with Crippen LogP contribution < -0.4 is 10.6 Å².